The number of hydrogen-bond donors (Lipinski definition) is 2. The first-order valence-corrected chi connectivity index (χ1v) is 8.16. The number of primary sulfonamides is 1. The lowest BCUT2D eigenvalue weighted by Crippen LogP contribution is -2.22. The second-order valence-electron chi connectivity index (χ2n) is 3.56. The first-order chi connectivity index (χ1) is 8.88. The van der Waals surface area contributed by atoms with Crippen LogP contribution in [-0.2, 0) is 16.6 Å². The average Bonchev–Trinajstić information content (AvgIpc) is 2.93. The maximum atomic E-state index is 11.8. The van der Waals surface area contributed by atoms with Crippen LogP contribution in [0.3, 0.4) is 0 Å². The molecule has 0 bridgehead atoms. The molecule has 19 heavy (non-hydrogen) atoms. The van der Waals surface area contributed by atoms with E-state index in [9.17, 15) is 13.2 Å². The van der Waals surface area contributed by atoms with Crippen molar-refractivity contribution in [3.05, 3.63) is 39.6 Å². The molecular weight excluding hydrogens is 356 g/mol. The number of sulfonamides is 1. The molecular formula is C10H9BrN2O4S2. The van der Waals surface area contributed by atoms with Gasteiger partial charge in [-0.25, -0.2) is 13.6 Å². The summed E-state index contributed by atoms with van der Waals surface area (Å²) in [7, 11) is -3.69. The number of carbonyl (C=O) groups is 1. The molecule has 0 spiro atoms. The molecule has 0 aliphatic heterocycles. The Labute approximate surface area is 121 Å². The molecule has 0 atom stereocenters. The van der Waals surface area contributed by atoms with Crippen LogP contribution in [0.25, 0.3) is 0 Å². The summed E-state index contributed by atoms with van der Waals surface area (Å²) < 4.78 is 27.6. The minimum Gasteiger partial charge on any atom is -0.457 e. The van der Waals surface area contributed by atoms with Crippen molar-refractivity contribution in [2.24, 2.45) is 5.14 Å². The Morgan fingerprint density at radius 1 is 1.42 bits per heavy atom. The maximum absolute atomic E-state index is 11.8. The minimum absolute atomic E-state index is 0.0706. The van der Waals surface area contributed by atoms with E-state index < -0.39 is 10.0 Å². The number of amides is 1. The number of carbonyl (C=O) groups excluding carboxylic acids is 1. The maximum Gasteiger partial charge on any atom is 0.256 e. The second kappa shape index (κ2) is 5.45. The molecule has 0 unspecified atom stereocenters. The van der Waals surface area contributed by atoms with E-state index in [-0.39, 0.29) is 16.7 Å². The Hall–Kier alpha value is -1.16. The number of furan rings is 1. The van der Waals surface area contributed by atoms with Crippen molar-refractivity contribution in [2.75, 3.05) is 0 Å². The Morgan fingerprint density at radius 2 is 2.16 bits per heavy atom. The molecule has 0 saturated heterocycles. The van der Waals surface area contributed by atoms with Gasteiger partial charge in [0.1, 0.15) is 4.21 Å². The van der Waals surface area contributed by atoms with Gasteiger partial charge in [0.05, 0.1) is 18.4 Å². The monoisotopic (exact) mass is 364 g/mol. The third-order valence-corrected chi connectivity index (χ3v) is 5.34. The van der Waals surface area contributed by atoms with Gasteiger partial charge in [0, 0.05) is 4.88 Å². The van der Waals surface area contributed by atoms with Crippen molar-refractivity contribution < 1.29 is 17.6 Å². The molecule has 2 rings (SSSR count). The minimum atomic E-state index is -3.69. The zero-order valence-corrected chi connectivity index (χ0v) is 12.6. The summed E-state index contributed by atoms with van der Waals surface area (Å²) in [4.78, 5) is 12.5. The fourth-order valence-corrected chi connectivity index (χ4v) is 3.46. The Bertz CT molecular complexity index is 705. The Balaban J connectivity index is 2.02. The fraction of sp³-hybridized carbons (Fsp3) is 0.100. The summed E-state index contributed by atoms with van der Waals surface area (Å²) in [6.07, 6.45) is 1.39. The number of rotatable bonds is 4. The molecule has 6 nitrogen and oxygen atoms in total. The van der Waals surface area contributed by atoms with Crippen LogP contribution in [0.4, 0.5) is 0 Å². The van der Waals surface area contributed by atoms with Gasteiger partial charge >= 0.3 is 0 Å². The van der Waals surface area contributed by atoms with Gasteiger partial charge in [-0.05, 0) is 34.1 Å². The molecule has 0 aliphatic rings. The molecule has 102 valence electrons. The van der Waals surface area contributed by atoms with E-state index in [2.05, 4.69) is 21.2 Å². The predicted molar refractivity (Wildman–Crippen MR) is 73.3 cm³/mol. The Kier molecular flexibility index (Phi) is 4.09. The molecule has 0 radical (unpaired) electrons. The molecule has 3 N–H and O–H groups in total. The first kappa shape index (κ1) is 14.3. The van der Waals surface area contributed by atoms with Crippen LogP contribution < -0.4 is 10.5 Å². The van der Waals surface area contributed by atoms with Crippen molar-refractivity contribution in [2.45, 2.75) is 10.8 Å². The molecule has 0 aliphatic carbocycles. The normalized spacial score (nSPS) is 11.5. The first-order valence-electron chi connectivity index (χ1n) is 5.00. The molecule has 1 amide bonds. The highest BCUT2D eigenvalue weighted by Gasteiger charge is 2.14. The van der Waals surface area contributed by atoms with Gasteiger partial charge in [0.25, 0.3) is 5.91 Å². The van der Waals surface area contributed by atoms with Gasteiger partial charge < -0.3 is 9.73 Å². The molecule has 0 saturated carbocycles. The third-order valence-electron chi connectivity index (χ3n) is 2.20. The largest absolute Gasteiger partial charge is 0.457 e. The Morgan fingerprint density at radius 3 is 2.68 bits per heavy atom. The zero-order valence-electron chi connectivity index (χ0n) is 9.42. The van der Waals surface area contributed by atoms with Crippen molar-refractivity contribution in [3.63, 3.8) is 0 Å². The van der Waals surface area contributed by atoms with Crippen molar-refractivity contribution in [3.8, 4) is 0 Å². The summed E-state index contributed by atoms with van der Waals surface area (Å²) >= 11 is 4.12. The molecule has 9 heteroatoms. The number of nitrogens with two attached hydrogens (primary N) is 1. The van der Waals surface area contributed by atoms with Gasteiger partial charge in [-0.1, -0.05) is 0 Å². The predicted octanol–water partition coefficient (Wildman–Crippen LogP) is 1.68. The van der Waals surface area contributed by atoms with Gasteiger partial charge in [0.15, 0.2) is 4.67 Å². The van der Waals surface area contributed by atoms with E-state index >= 15 is 0 Å². The van der Waals surface area contributed by atoms with Crippen molar-refractivity contribution >= 4 is 43.2 Å². The third kappa shape index (κ3) is 3.44. The highest BCUT2D eigenvalue weighted by Crippen LogP contribution is 2.21. The number of halogens is 1. The van der Waals surface area contributed by atoms with Gasteiger partial charge in [-0.15, -0.1) is 11.3 Å². The van der Waals surface area contributed by atoms with E-state index in [1.54, 1.807) is 6.07 Å². The van der Waals surface area contributed by atoms with Crippen molar-refractivity contribution in [1.82, 2.24) is 5.32 Å². The quantitative estimate of drug-likeness (QED) is 0.861. The summed E-state index contributed by atoms with van der Waals surface area (Å²) in [6.45, 7) is 0.219. The van der Waals surface area contributed by atoms with Crippen LogP contribution in [0.2, 0.25) is 0 Å². The summed E-state index contributed by atoms with van der Waals surface area (Å²) in [5.41, 5.74) is 0.378. The van der Waals surface area contributed by atoms with E-state index in [4.69, 9.17) is 9.56 Å². The lowest BCUT2D eigenvalue weighted by molar-refractivity contribution is 0.0949. The van der Waals surface area contributed by atoms with E-state index in [1.807, 2.05) is 0 Å². The second-order valence-corrected chi connectivity index (χ2v) is 7.23. The lowest BCUT2D eigenvalue weighted by atomic mass is 10.3. The summed E-state index contributed by atoms with van der Waals surface area (Å²) in [5, 5.41) is 7.65. The number of hydrogen-bond acceptors (Lipinski definition) is 5. The van der Waals surface area contributed by atoms with E-state index in [0.29, 0.717) is 15.1 Å². The van der Waals surface area contributed by atoms with Crippen LogP contribution in [-0.4, -0.2) is 14.3 Å². The highest BCUT2D eigenvalue weighted by molar-refractivity contribution is 9.10. The topological polar surface area (TPSA) is 102 Å². The van der Waals surface area contributed by atoms with Crippen LogP contribution >= 0.6 is 27.3 Å². The fourth-order valence-electron chi connectivity index (χ4n) is 1.32. The smallest absolute Gasteiger partial charge is 0.256 e. The van der Waals surface area contributed by atoms with Gasteiger partial charge in [-0.2, -0.15) is 0 Å². The van der Waals surface area contributed by atoms with Crippen molar-refractivity contribution in [1.29, 1.82) is 0 Å². The van der Waals surface area contributed by atoms with Gasteiger partial charge in [-0.3, -0.25) is 4.79 Å². The molecule has 2 aromatic heterocycles. The lowest BCUT2D eigenvalue weighted by Gasteiger charge is -2.01. The highest BCUT2D eigenvalue weighted by atomic mass is 79.9. The van der Waals surface area contributed by atoms with Crippen LogP contribution in [0.1, 0.15) is 15.2 Å². The molecule has 0 fully saturated rings. The average molecular weight is 365 g/mol. The molecule has 2 heterocycles. The van der Waals surface area contributed by atoms with Crippen LogP contribution in [0.5, 0.6) is 0 Å². The standard InChI is InChI=1S/C10H9BrN2O4S2/c11-9-7(3-4-17-9)10(14)13-5-6-1-2-8(18-6)19(12,15)16/h1-4H,5H2,(H,13,14)(H2,12,15,16). The number of thiophene rings is 1. The SMILES string of the molecule is NS(=O)(=O)c1ccc(CNC(=O)c2ccoc2Br)s1. The van der Waals surface area contributed by atoms with Crippen LogP contribution in [0.15, 0.2) is 37.8 Å². The summed E-state index contributed by atoms with van der Waals surface area (Å²) in [5.74, 6) is -0.314. The van der Waals surface area contributed by atoms with Crippen LogP contribution in [0, 0.1) is 0 Å². The van der Waals surface area contributed by atoms with Gasteiger partial charge in [0.2, 0.25) is 10.0 Å². The molecule has 0 aromatic carbocycles. The van der Waals surface area contributed by atoms with E-state index in [1.165, 1.54) is 18.4 Å². The molecule has 2 aromatic rings. The zero-order chi connectivity index (χ0) is 14.0. The number of nitrogens with one attached hydrogen (secondary N) is 1. The summed E-state index contributed by atoms with van der Waals surface area (Å²) in [6, 6.07) is 4.55. The van der Waals surface area contributed by atoms with E-state index in [0.717, 1.165) is 11.3 Å².